The number of alkyl halides is 4. The van der Waals surface area contributed by atoms with Crippen LogP contribution in [0.25, 0.3) is 0 Å². The van der Waals surface area contributed by atoms with Crippen molar-refractivity contribution < 1.29 is 27.1 Å². The fraction of sp³-hybridized carbons (Fsp3) is 0.579. The van der Waals surface area contributed by atoms with Crippen LogP contribution in [-0.4, -0.2) is 38.0 Å². The number of aromatic nitrogens is 4. The van der Waals surface area contributed by atoms with E-state index in [1.54, 1.807) is 17.2 Å². The molecule has 2 atom stereocenters. The molecule has 1 saturated carbocycles. The molecule has 7 nitrogen and oxygen atoms in total. The van der Waals surface area contributed by atoms with Crippen LogP contribution in [0.2, 0.25) is 0 Å². The highest BCUT2D eigenvalue weighted by atomic mass is 19.4. The molecular weight excluding hydrogens is 406 g/mol. The van der Waals surface area contributed by atoms with Gasteiger partial charge in [-0.2, -0.15) is 10.2 Å². The summed E-state index contributed by atoms with van der Waals surface area (Å²) in [6.07, 6.45) is -3.23. The lowest BCUT2D eigenvalue weighted by molar-refractivity contribution is -0.330. The van der Waals surface area contributed by atoms with Gasteiger partial charge >= 0.3 is 6.36 Å². The van der Waals surface area contributed by atoms with Crippen molar-refractivity contribution >= 4 is 11.7 Å². The second kappa shape index (κ2) is 8.01. The summed E-state index contributed by atoms with van der Waals surface area (Å²) in [5.74, 6) is -0.206. The topological polar surface area (TPSA) is 74.0 Å². The normalized spacial score (nSPS) is 20.0. The fourth-order valence-electron chi connectivity index (χ4n) is 3.36. The molecule has 1 N–H and O–H groups in total. The van der Waals surface area contributed by atoms with E-state index in [0.717, 1.165) is 0 Å². The predicted octanol–water partition coefficient (Wildman–Crippen LogP) is 4.08. The summed E-state index contributed by atoms with van der Waals surface area (Å²) in [6.45, 7) is 4.94. The Morgan fingerprint density at radius 2 is 1.97 bits per heavy atom. The molecule has 2 aromatic rings. The summed E-state index contributed by atoms with van der Waals surface area (Å²) in [6, 6.07) is 2.95. The Balaban J connectivity index is 1.81. The van der Waals surface area contributed by atoms with E-state index >= 15 is 0 Å². The van der Waals surface area contributed by atoms with E-state index < -0.39 is 30.6 Å². The highest BCUT2D eigenvalue weighted by Crippen LogP contribution is 2.36. The smallest absolute Gasteiger partial charge is 0.305 e. The predicted molar refractivity (Wildman–Crippen MR) is 100 cm³/mol. The van der Waals surface area contributed by atoms with Crippen molar-refractivity contribution in [1.82, 2.24) is 19.6 Å². The van der Waals surface area contributed by atoms with Crippen molar-refractivity contribution in [1.29, 1.82) is 0 Å². The van der Waals surface area contributed by atoms with Crippen LogP contribution in [0.1, 0.15) is 61.4 Å². The number of nitrogens with one attached hydrogen (secondary N) is 1. The van der Waals surface area contributed by atoms with Crippen LogP contribution in [-0.2, 0) is 23.9 Å². The van der Waals surface area contributed by atoms with Gasteiger partial charge < -0.3 is 5.32 Å². The minimum absolute atomic E-state index is 0.0273. The second-order valence-corrected chi connectivity index (χ2v) is 8.29. The van der Waals surface area contributed by atoms with Crippen molar-refractivity contribution in [2.45, 2.75) is 64.2 Å². The van der Waals surface area contributed by atoms with E-state index in [9.17, 15) is 22.4 Å². The Morgan fingerprint density at radius 3 is 2.53 bits per heavy atom. The summed E-state index contributed by atoms with van der Waals surface area (Å²) in [7, 11) is 1.45. The zero-order chi connectivity index (χ0) is 22.3. The molecule has 3 rings (SSSR count). The molecule has 165 valence electrons. The highest BCUT2D eigenvalue weighted by Gasteiger charge is 2.31. The molecule has 1 aliphatic carbocycles. The third-order valence-electron chi connectivity index (χ3n) is 4.76. The Hall–Kier alpha value is -2.43. The van der Waals surface area contributed by atoms with Crippen LogP contribution < -0.4 is 5.32 Å². The number of carbonyl (C=O) groups excluding carboxylic acids is 1. The number of aryl methyl sites for hydroxylation is 1. The molecule has 1 aliphatic rings. The first-order chi connectivity index (χ1) is 13.8. The summed E-state index contributed by atoms with van der Waals surface area (Å²) in [5, 5.41) is 11.2. The maximum atomic E-state index is 13.6. The van der Waals surface area contributed by atoms with Crippen LogP contribution in [0.4, 0.5) is 23.4 Å². The van der Waals surface area contributed by atoms with E-state index in [-0.39, 0.29) is 17.3 Å². The number of hydrogen-bond acceptors (Lipinski definition) is 4. The number of hydrogen-bond donors (Lipinski definition) is 1. The zero-order valence-corrected chi connectivity index (χ0v) is 17.1. The number of halogens is 4. The lowest BCUT2D eigenvalue weighted by atomic mass is 10.0. The van der Waals surface area contributed by atoms with E-state index in [2.05, 4.69) is 20.3 Å². The minimum atomic E-state index is -4.79. The SMILES string of the molecule is Cn1nc(COC(F)(F)F)cc1C(=O)Nc1cc([C@@H]2C[CH][C@@H](F)C2)nn1C(C)(C)C. The molecule has 2 aromatic heterocycles. The van der Waals surface area contributed by atoms with E-state index in [1.165, 1.54) is 17.8 Å². The Morgan fingerprint density at radius 1 is 1.27 bits per heavy atom. The average molecular weight is 430 g/mol. The summed E-state index contributed by atoms with van der Waals surface area (Å²) < 4.78 is 56.9. The van der Waals surface area contributed by atoms with Crippen LogP contribution in [0.5, 0.6) is 0 Å². The molecule has 0 bridgehead atoms. The number of ether oxygens (including phenoxy) is 1. The van der Waals surface area contributed by atoms with E-state index in [0.29, 0.717) is 24.4 Å². The number of carbonyl (C=O) groups is 1. The molecule has 1 amide bonds. The van der Waals surface area contributed by atoms with Gasteiger partial charge in [-0.25, -0.2) is 9.07 Å². The molecule has 0 saturated heterocycles. The maximum Gasteiger partial charge on any atom is 0.522 e. The number of amides is 1. The zero-order valence-electron chi connectivity index (χ0n) is 17.1. The second-order valence-electron chi connectivity index (χ2n) is 8.29. The Labute approximate surface area is 171 Å². The molecule has 1 fully saturated rings. The maximum absolute atomic E-state index is 13.6. The molecule has 0 unspecified atom stereocenters. The van der Waals surface area contributed by atoms with Gasteiger partial charge in [-0.1, -0.05) is 0 Å². The van der Waals surface area contributed by atoms with E-state index in [4.69, 9.17) is 0 Å². The number of rotatable bonds is 5. The molecule has 30 heavy (non-hydrogen) atoms. The van der Waals surface area contributed by atoms with Crippen LogP contribution >= 0.6 is 0 Å². The van der Waals surface area contributed by atoms with Crippen molar-refractivity contribution in [3.8, 4) is 0 Å². The number of anilines is 1. The number of nitrogens with zero attached hydrogens (tertiary/aromatic N) is 4. The summed E-state index contributed by atoms with van der Waals surface area (Å²) in [5.41, 5.74) is 0.259. The largest absolute Gasteiger partial charge is 0.522 e. The van der Waals surface area contributed by atoms with Gasteiger partial charge in [0.1, 0.15) is 24.3 Å². The molecule has 0 aliphatic heterocycles. The van der Waals surface area contributed by atoms with Crippen LogP contribution in [0.3, 0.4) is 0 Å². The summed E-state index contributed by atoms with van der Waals surface area (Å²) in [4.78, 5) is 12.8. The first kappa shape index (κ1) is 22.3. The summed E-state index contributed by atoms with van der Waals surface area (Å²) >= 11 is 0. The van der Waals surface area contributed by atoms with Gasteiger partial charge in [0.05, 0.1) is 16.9 Å². The average Bonchev–Trinajstić information content (AvgIpc) is 3.30. The highest BCUT2D eigenvalue weighted by molar-refractivity contribution is 6.02. The van der Waals surface area contributed by atoms with Crippen molar-refractivity contribution in [3.63, 3.8) is 0 Å². The van der Waals surface area contributed by atoms with E-state index in [1.807, 2.05) is 20.8 Å². The fourth-order valence-corrected chi connectivity index (χ4v) is 3.36. The molecule has 2 heterocycles. The third-order valence-corrected chi connectivity index (χ3v) is 4.76. The molecular formula is C19H24F4N5O2. The van der Waals surface area contributed by atoms with Crippen molar-refractivity contribution in [2.24, 2.45) is 7.05 Å². The quantitative estimate of drug-likeness (QED) is 0.726. The molecule has 11 heteroatoms. The van der Waals surface area contributed by atoms with Gasteiger partial charge in [-0.15, -0.1) is 13.2 Å². The van der Waals surface area contributed by atoms with Crippen molar-refractivity contribution in [2.75, 3.05) is 5.32 Å². The van der Waals surface area contributed by atoms with Crippen LogP contribution in [0.15, 0.2) is 12.1 Å². The van der Waals surface area contributed by atoms with Crippen molar-refractivity contribution in [3.05, 3.63) is 35.6 Å². The minimum Gasteiger partial charge on any atom is -0.305 e. The van der Waals surface area contributed by atoms with Gasteiger partial charge in [0.2, 0.25) is 0 Å². The third kappa shape index (κ3) is 5.18. The Kier molecular flexibility index (Phi) is 5.94. The monoisotopic (exact) mass is 430 g/mol. The lowest BCUT2D eigenvalue weighted by Crippen LogP contribution is -2.27. The van der Waals surface area contributed by atoms with Gasteiger partial charge in [0.15, 0.2) is 0 Å². The van der Waals surface area contributed by atoms with Gasteiger partial charge in [0.25, 0.3) is 5.91 Å². The van der Waals surface area contributed by atoms with Gasteiger partial charge in [-0.05, 0) is 46.1 Å². The molecule has 0 aromatic carbocycles. The van der Waals surface area contributed by atoms with Gasteiger partial charge in [-0.3, -0.25) is 14.2 Å². The first-order valence-electron chi connectivity index (χ1n) is 9.46. The Bertz CT molecular complexity index is 913. The molecule has 0 spiro atoms. The van der Waals surface area contributed by atoms with Gasteiger partial charge in [0, 0.05) is 19.0 Å². The standard InChI is InChI=1S/C19H24F4N5O2/c1-18(2,3)28-16(9-14(26-28)11-5-6-12(20)7-11)24-17(29)15-8-13(25-27(15)4)10-30-19(21,22)23/h6,8-9,11-12H,5,7,10H2,1-4H3,(H,24,29)/t11-,12-/m1/s1. The molecule has 1 radical (unpaired) electrons. The first-order valence-corrected chi connectivity index (χ1v) is 9.46. The lowest BCUT2D eigenvalue weighted by Gasteiger charge is -2.22. The van der Waals surface area contributed by atoms with Crippen LogP contribution in [0, 0.1) is 6.42 Å².